The minimum Gasteiger partial charge on any atom is -0.381 e. The van der Waals surface area contributed by atoms with Gasteiger partial charge in [0.05, 0.1) is 5.88 Å². The maximum absolute atomic E-state index is 11.3. The Kier molecular flexibility index (Phi) is 11.1. The number of carbonyl (C=O) groups excluding carboxylic acids is 2. The topological polar surface area (TPSA) is 96.6 Å². The first-order valence-electron chi connectivity index (χ1n) is 8.27. The summed E-state index contributed by atoms with van der Waals surface area (Å²) in [4.78, 5) is 24.4. The molecule has 0 spiro atoms. The standard InChI is InChI=1S/C16H18N4OS.C4H5ClO/c1-18-14(15(17)21)16(19-2)22-10-20-13-8-7-11-5-3-4-6-12(11)9-13;5-3-1-2-4-6/h3-9,19-20H,1,10H2,2H3,(H2,17,21);1-2,4H,3H2/b16-14-;2-1+. The Morgan fingerprint density at radius 1 is 1.29 bits per heavy atom. The zero-order chi connectivity index (χ0) is 20.8. The summed E-state index contributed by atoms with van der Waals surface area (Å²) in [5, 5.41) is 9.18. The Labute approximate surface area is 173 Å². The summed E-state index contributed by atoms with van der Waals surface area (Å²) in [6.45, 7) is 3.37. The van der Waals surface area contributed by atoms with Gasteiger partial charge in [-0.1, -0.05) is 48.2 Å². The number of hydrogen-bond acceptors (Lipinski definition) is 6. The van der Waals surface area contributed by atoms with Gasteiger partial charge in [0.1, 0.15) is 11.3 Å². The van der Waals surface area contributed by atoms with Crippen molar-refractivity contribution in [3.63, 3.8) is 0 Å². The SMILES string of the molecule is C=N/C(C(N)=O)=C(/NC)SCNc1ccc2ccccc2c1.O=C/C=C/CCl. The molecule has 0 saturated carbocycles. The summed E-state index contributed by atoms with van der Waals surface area (Å²) >= 11 is 6.54. The number of primary amides is 1. The lowest BCUT2D eigenvalue weighted by molar-refractivity contribution is -0.114. The number of fused-ring (bicyclic) bond motifs is 1. The van der Waals surface area contributed by atoms with Crippen LogP contribution in [0.15, 0.2) is 70.3 Å². The van der Waals surface area contributed by atoms with E-state index in [0.29, 0.717) is 23.1 Å². The quantitative estimate of drug-likeness (QED) is 0.190. The molecular weight excluding hydrogens is 396 g/mol. The second-order valence-corrected chi connectivity index (χ2v) is 6.49. The average molecular weight is 419 g/mol. The van der Waals surface area contributed by atoms with E-state index < -0.39 is 5.91 Å². The lowest BCUT2D eigenvalue weighted by Gasteiger charge is -2.11. The third-order valence-corrected chi connectivity index (χ3v) is 4.53. The number of thioether (sulfide) groups is 1. The number of allylic oxidation sites excluding steroid dienone is 2. The van der Waals surface area contributed by atoms with E-state index in [2.05, 4.69) is 46.6 Å². The molecule has 0 aromatic heterocycles. The molecule has 4 N–H and O–H groups in total. The lowest BCUT2D eigenvalue weighted by Crippen LogP contribution is -2.19. The van der Waals surface area contributed by atoms with E-state index in [1.807, 2.05) is 18.2 Å². The first-order valence-corrected chi connectivity index (χ1v) is 9.79. The van der Waals surface area contributed by atoms with E-state index in [0.717, 1.165) is 5.69 Å². The van der Waals surface area contributed by atoms with Crippen LogP contribution in [0.2, 0.25) is 0 Å². The van der Waals surface area contributed by atoms with Crippen LogP contribution in [0.4, 0.5) is 5.69 Å². The minimum absolute atomic E-state index is 0.146. The van der Waals surface area contributed by atoms with Gasteiger partial charge in [-0.05, 0) is 35.7 Å². The van der Waals surface area contributed by atoms with Crippen LogP contribution in [0.3, 0.4) is 0 Å². The van der Waals surface area contributed by atoms with Crippen molar-refractivity contribution >= 4 is 58.7 Å². The van der Waals surface area contributed by atoms with Gasteiger partial charge in [-0.3, -0.25) is 14.6 Å². The number of rotatable bonds is 9. The molecule has 0 bridgehead atoms. The fourth-order valence-corrected chi connectivity index (χ4v) is 3.05. The number of nitrogens with two attached hydrogens (primary N) is 1. The fraction of sp³-hybridized carbons (Fsp3) is 0.150. The second kappa shape index (κ2) is 13.4. The zero-order valence-electron chi connectivity index (χ0n) is 15.5. The molecule has 148 valence electrons. The predicted molar refractivity (Wildman–Crippen MR) is 121 cm³/mol. The molecule has 0 fully saturated rings. The minimum atomic E-state index is -0.599. The maximum atomic E-state index is 11.3. The van der Waals surface area contributed by atoms with Crippen LogP contribution in [0.5, 0.6) is 0 Å². The largest absolute Gasteiger partial charge is 0.381 e. The molecular formula is C20H23ClN4O2S. The van der Waals surface area contributed by atoms with E-state index in [1.54, 1.807) is 13.1 Å². The molecule has 8 heteroatoms. The van der Waals surface area contributed by atoms with Crippen molar-refractivity contribution in [2.24, 2.45) is 10.7 Å². The Hall–Kier alpha value is -2.77. The molecule has 0 saturated heterocycles. The molecule has 0 aliphatic rings. The monoisotopic (exact) mass is 418 g/mol. The number of halogens is 1. The number of hydrogen-bond donors (Lipinski definition) is 3. The normalized spacial score (nSPS) is 11.2. The Morgan fingerprint density at radius 3 is 2.54 bits per heavy atom. The predicted octanol–water partition coefficient (Wildman–Crippen LogP) is 3.50. The summed E-state index contributed by atoms with van der Waals surface area (Å²) in [5.41, 5.74) is 6.42. The number of benzene rings is 2. The molecule has 0 heterocycles. The molecule has 0 unspecified atom stereocenters. The lowest BCUT2D eigenvalue weighted by atomic mass is 10.1. The first-order chi connectivity index (χ1) is 13.6. The van der Waals surface area contributed by atoms with Crippen LogP contribution in [0, 0.1) is 0 Å². The Balaban J connectivity index is 0.000000568. The number of alkyl halides is 1. The van der Waals surface area contributed by atoms with Gasteiger partial charge in [0.2, 0.25) is 0 Å². The van der Waals surface area contributed by atoms with Crippen LogP contribution in [0.25, 0.3) is 10.8 Å². The Bertz CT molecular complexity index is 868. The fourth-order valence-electron chi connectivity index (χ4n) is 2.12. The molecule has 2 rings (SSSR count). The van der Waals surface area contributed by atoms with Crippen molar-refractivity contribution in [1.29, 1.82) is 0 Å². The maximum Gasteiger partial charge on any atom is 0.269 e. The van der Waals surface area contributed by atoms with Crippen LogP contribution < -0.4 is 16.4 Å². The van der Waals surface area contributed by atoms with Crippen LogP contribution >= 0.6 is 23.4 Å². The van der Waals surface area contributed by atoms with E-state index in [4.69, 9.17) is 17.3 Å². The van der Waals surface area contributed by atoms with Crippen molar-refractivity contribution < 1.29 is 9.59 Å². The summed E-state index contributed by atoms with van der Waals surface area (Å²) in [6, 6.07) is 14.3. The highest BCUT2D eigenvalue weighted by Gasteiger charge is 2.10. The molecule has 2 aromatic carbocycles. The summed E-state index contributed by atoms with van der Waals surface area (Å²) in [6.07, 6.45) is 3.64. The third kappa shape index (κ3) is 7.85. The number of aldehydes is 1. The molecule has 28 heavy (non-hydrogen) atoms. The molecule has 0 atom stereocenters. The van der Waals surface area contributed by atoms with Gasteiger partial charge in [-0.25, -0.2) is 0 Å². The highest BCUT2D eigenvalue weighted by molar-refractivity contribution is 8.03. The van der Waals surface area contributed by atoms with E-state index in [9.17, 15) is 9.59 Å². The van der Waals surface area contributed by atoms with Crippen molar-refractivity contribution in [1.82, 2.24) is 5.32 Å². The molecule has 6 nitrogen and oxygen atoms in total. The van der Waals surface area contributed by atoms with Crippen molar-refractivity contribution in [2.45, 2.75) is 0 Å². The van der Waals surface area contributed by atoms with E-state index in [-0.39, 0.29) is 5.70 Å². The zero-order valence-corrected chi connectivity index (χ0v) is 17.1. The second-order valence-electron chi connectivity index (χ2n) is 5.20. The van der Waals surface area contributed by atoms with Gasteiger partial charge in [-0.2, -0.15) is 0 Å². The highest BCUT2D eigenvalue weighted by atomic mass is 35.5. The smallest absolute Gasteiger partial charge is 0.269 e. The molecule has 0 radical (unpaired) electrons. The van der Waals surface area contributed by atoms with Gasteiger partial charge in [-0.15, -0.1) is 11.6 Å². The first kappa shape index (κ1) is 23.3. The summed E-state index contributed by atoms with van der Waals surface area (Å²) in [7, 11) is 1.71. The van der Waals surface area contributed by atoms with Crippen molar-refractivity contribution in [3.8, 4) is 0 Å². The number of nitrogens with one attached hydrogen (secondary N) is 2. The van der Waals surface area contributed by atoms with Gasteiger partial charge in [0, 0.05) is 18.6 Å². The van der Waals surface area contributed by atoms with Crippen molar-refractivity contribution in [3.05, 3.63) is 65.3 Å². The van der Waals surface area contributed by atoms with Gasteiger partial charge < -0.3 is 16.4 Å². The molecule has 2 aromatic rings. The Morgan fingerprint density at radius 2 is 2.00 bits per heavy atom. The number of carbonyl (C=O) groups is 2. The molecule has 0 aliphatic heterocycles. The third-order valence-electron chi connectivity index (χ3n) is 3.38. The van der Waals surface area contributed by atoms with Gasteiger partial charge in [0.25, 0.3) is 5.91 Å². The number of amides is 1. The van der Waals surface area contributed by atoms with Gasteiger partial charge in [0.15, 0.2) is 5.70 Å². The van der Waals surface area contributed by atoms with Crippen LogP contribution in [-0.2, 0) is 9.59 Å². The summed E-state index contributed by atoms with van der Waals surface area (Å²) < 4.78 is 0. The molecule has 0 aliphatic carbocycles. The average Bonchev–Trinajstić information content (AvgIpc) is 2.71. The number of aliphatic imine (C=N–C) groups is 1. The van der Waals surface area contributed by atoms with Gasteiger partial charge >= 0.3 is 0 Å². The van der Waals surface area contributed by atoms with Crippen LogP contribution in [0.1, 0.15) is 0 Å². The van der Waals surface area contributed by atoms with Crippen molar-refractivity contribution in [2.75, 3.05) is 24.1 Å². The summed E-state index contributed by atoms with van der Waals surface area (Å²) in [5.74, 6) is 0.386. The number of nitrogens with zero attached hydrogens (tertiary/aromatic N) is 1. The highest BCUT2D eigenvalue weighted by Crippen LogP contribution is 2.21. The van der Waals surface area contributed by atoms with E-state index >= 15 is 0 Å². The number of anilines is 1. The molecule has 1 amide bonds. The van der Waals surface area contributed by atoms with E-state index in [1.165, 1.54) is 28.6 Å². The van der Waals surface area contributed by atoms with Crippen LogP contribution in [-0.4, -0.2) is 37.7 Å².